The van der Waals surface area contributed by atoms with Crippen molar-refractivity contribution in [1.82, 2.24) is 5.32 Å². The fourth-order valence-corrected chi connectivity index (χ4v) is 8.19. The first kappa shape index (κ1) is 36.4. The number of methoxy groups -OCH3 is 1. The lowest BCUT2D eigenvalue weighted by atomic mass is 9.72. The molecule has 8 nitrogen and oxygen atoms in total. The summed E-state index contributed by atoms with van der Waals surface area (Å²) < 4.78 is 5.33. The number of benzene rings is 3. The summed E-state index contributed by atoms with van der Waals surface area (Å²) in [5.41, 5.74) is 3.50. The highest BCUT2D eigenvalue weighted by atomic mass is 32.2. The van der Waals surface area contributed by atoms with Gasteiger partial charge in [0.05, 0.1) is 17.9 Å². The summed E-state index contributed by atoms with van der Waals surface area (Å²) >= 11 is 2.93. The van der Waals surface area contributed by atoms with Crippen LogP contribution in [-0.2, 0) is 22.4 Å². The predicted octanol–water partition coefficient (Wildman–Crippen LogP) is 8.70. The Hall–Kier alpha value is -4.85. The van der Waals surface area contributed by atoms with Crippen LogP contribution in [0.15, 0.2) is 89.5 Å². The molecule has 1 aliphatic carbocycles. The molecule has 0 fully saturated rings. The van der Waals surface area contributed by atoms with Crippen LogP contribution < -0.4 is 20.7 Å². The average Bonchev–Trinajstić information content (AvgIpc) is 3.46. The van der Waals surface area contributed by atoms with Crippen molar-refractivity contribution in [2.24, 2.45) is 11.3 Å². The third kappa shape index (κ3) is 9.03. The number of carbonyl (C=O) groups is 3. The van der Waals surface area contributed by atoms with E-state index < -0.39 is 17.1 Å². The van der Waals surface area contributed by atoms with Gasteiger partial charge in [0.1, 0.15) is 22.5 Å². The summed E-state index contributed by atoms with van der Waals surface area (Å²) in [5.74, 6) is 0.0500. The van der Waals surface area contributed by atoms with Gasteiger partial charge in [0.25, 0.3) is 11.8 Å². The third-order valence-corrected chi connectivity index (χ3v) is 11.3. The Balaban J connectivity index is 1.30. The molecule has 10 heteroatoms. The first-order valence-electron chi connectivity index (χ1n) is 16.6. The maximum atomic E-state index is 13.6. The summed E-state index contributed by atoms with van der Waals surface area (Å²) in [6, 6.07) is 25.5. The minimum absolute atomic E-state index is 0.0525. The predicted molar refractivity (Wildman–Crippen MR) is 203 cm³/mol. The Morgan fingerprint density at radius 1 is 1.04 bits per heavy atom. The Bertz CT molecular complexity index is 1940. The van der Waals surface area contributed by atoms with Gasteiger partial charge in [0.15, 0.2) is 0 Å². The molecule has 0 aliphatic heterocycles. The van der Waals surface area contributed by atoms with E-state index in [0.29, 0.717) is 45.5 Å². The molecule has 0 spiro atoms. The number of rotatable bonds is 11. The SMILES string of the molecule is CCC(Sc1cccc(NC(=O)/C(=C/c2cccc(OC)c2)NC(=O)c2ccccc2)c1)C(=O)Nc1sc2c(c1C#N)CCC(C(C)(C)C)C2. The number of nitrogens with zero attached hydrogens (tertiary/aromatic N) is 1. The highest BCUT2D eigenvalue weighted by Gasteiger charge is 2.33. The number of ether oxygens (including phenoxy) is 1. The molecule has 2 atom stereocenters. The number of nitrogens with one attached hydrogen (secondary N) is 3. The van der Waals surface area contributed by atoms with Crippen molar-refractivity contribution in [2.45, 2.75) is 63.5 Å². The number of hydrogen-bond acceptors (Lipinski definition) is 7. The van der Waals surface area contributed by atoms with Crippen molar-refractivity contribution in [3.8, 4) is 11.8 Å². The molecule has 0 radical (unpaired) electrons. The van der Waals surface area contributed by atoms with Gasteiger partial charge in [0.2, 0.25) is 5.91 Å². The summed E-state index contributed by atoms with van der Waals surface area (Å²) in [6.45, 7) is 8.73. The van der Waals surface area contributed by atoms with Gasteiger partial charge in [-0.1, -0.05) is 64.1 Å². The standard InChI is InChI=1S/C40H42N4O4S2/c1-6-34(38(47)44-39-32(24-41)31-19-18-27(40(2,3)4)22-35(31)50-39)49-30-17-11-15-28(23-30)42-37(46)33(21-25-12-10-16-29(20-25)48-5)43-36(45)26-13-8-7-9-14-26/h7-17,20-21,23,27,34H,6,18-19,22H2,1-5H3,(H,42,46)(H,43,45)(H,44,47)/b33-21-. The molecule has 3 amide bonds. The summed E-state index contributed by atoms with van der Waals surface area (Å²) in [5, 5.41) is 19.0. The van der Waals surface area contributed by atoms with Crippen molar-refractivity contribution in [3.05, 3.63) is 112 Å². The molecule has 2 unspecified atom stereocenters. The normalized spacial score (nSPS) is 14.9. The Morgan fingerprint density at radius 2 is 1.80 bits per heavy atom. The number of hydrogen-bond donors (Lipinski definition) is 3. The zero-order valence-corrected chi connectivity index (χ0v) is 30.6. The maximum Gasteiger partial charge on any atom is 0.272 e. The van der Waals surface area contributed by atoms with E-state index >= 15 is 0 Å². The number of fused-ring (bicyclic) bond motifs is 1. The van der Waals surface area contributed by atoms with Gasteiger partial charge >= 0.3 is 0 Å². The van der Waals surface area contributed by atoms with Gasteiger partial charge in [-0.3, -0.25) is 14.4 Å². The first-order valence-corrected chi connectivity index (χ1v) is 18.3. The van der Waals surface area contributed by atoms with E-state index in [9.17, 15) is 19.6 Å². The molecule has 0 saturated carbocycles. The van der Waals surface area contributed by atoms with Gasteiger partial charge in [-0.15, -0.1) is 23.1 Å². The zero-order valence-electron chi connectivity index (χ0n) is 29.0. The van der Waals surface area contributed by atoms with Crippen molar-refractivity contribution < 1.29 is 19.1 Å². The Labute approximate surface area is 302 Å². The molecular weight excluding hydrogens is 665 g/mol. The number of thiophene rings is 1. The molecule has 3 aromatic carbocycles. The van der Waals surface area contributed by atoms with Crippen molar-refractivity contribution in [1.29, 1.82) is 5.26 Å². The van der Waals surface area contributed by atoms with Crippen LogP contribution in [0.4, 0.5) is 10.7 Å². The van der Waals surface area contributed by atoms with E-state index in [1.54, 1.807) is 67.8 Å². The van der Waals surface area contributed by atoms with Crippen LogP contribution in [0, 0.1) is 22.7 Å². The van der Waals surface area contributed by atoms with Crippen LogP contribution in [0.1, 0.15) is 72.5 Å². The molecule has 5 rings (SSSR count). The number of amides is 3. The minimum Gasteiger partial charge on any atom is -0.497 e. The van der Waals surface area contributed by atoms with Crippen molar-refractivity contribution >= 4 is 57.6 Å². The first-order chi connectivity index (χ1) is 24.0. The van der Waals surface area contributed by atoms with Crippen molar-refractivity contribution in [2.75, 3.05) is 17.7 Å². The van der Waals surface area contributed by atoms with E-state index in [-0.39, 0.29) is 17.0 Å². The molecule has 258 valence electrons. The van der Waals surface area contributed by atoms with E-state index in [1.807, 2.05) is 31.2 Å². The fourth-order valence-electron chi connectivity index (χ4n) is 5.90. The van der Waals surface area contributed by atoms with E-state index in [0.717, 1.165) is 29.7 Å². The van der Waals surface area contributed by atoms with Crippen LogP contribution in [0.3, 0.4) is 0 Å². The topological polar surface area (TPSA) is 120 Å². The molecule has 0 bridgehead atoms. The Morgan fingerprint density at radius 3 is 2.50 bits per heavy atom. The van der Waals surface area contributed by atoms with Crippen LogP contribution >= 0.6 is 23.1 Å². The van der Waals surface area contributed by atoms with Crippen LogP contribution in [0.25, 0.3) is 6.08 Å². The molecule has 50 heavy (non-hydrogen) atoms. The second-order valence-electron chi connectivity index (χ2n) is 13.3. The fraction of sp³-hybridized carbons (Fsp3) is 0.300. The summed E-state index contributed by atoms with van der Waals surface area (Å²) in [6.07, 6.45) is 4.96. The Kier molecular flexibility index (Phi) is 11.8. The van der Waals surface area contributed by atoms with Crippen LogP contribution in [0.2, 0.25) is 0 Å². The molecule has 3 N–H and O–H groups in total. The third-order valence-electron chi connectivity index (χ3n) is 8.81. The van der Waals surface area contributed by atoms with Crippen LogP contribution in [-0.4, -0.2) is 30.1 Å². The highest BCUT2D eigenvalue weighted by Crippen LogP contribution is 2.44. The van der Waals surface area contributed by atoms with Gasteiger partial charge in [0, 0.05) is 21.0 Å². The molecule has 1 aliphatic rings. The quantitative estimate of drug-likeness (QED) is 0.106. The largest absolute Gasteiger partial charge is 0.497 e. The summed E-state index contributed by atoms with van der Waals surface area (Å²) in [4.78, 5) is 42.3. The van der Waals surface area contributed by atoms with E-state index in [4.69, 9.17) is 4.74 Å². The molecule has 4 aromatic rings. The van der Waals surface area contributed by atoms with Gasteiger partial charge in [-0.2, -0.15) is 5.26 Å². The minimum atomic E-state index is -0.511. The van der Waals surface area contributed by atoms with Gasteiger partial charge < -0.3 is 20.7 Å². The maximum absolute atomic E-state index is 13.6. The van der Waals surface area contributed by atoms with Crippen molar-refractivity contribution in [3.63, 3.8) is 0 Å². The lowest BCUT2D eigenvalue weighted by Crippen LogP contribution is -2.30. The monoisotopic (exact) mass is 706 g/mol. The molecule has 1 aromatic heterocycles. The van der Waals surface area contributed by atoms with Gasteiger partial charge in [-0.05, 0) is 96.7 Å². The number of thioether (sulfide) groups is 1. The van der Waals surface area contributed by atoms with E-state index in [2.05, 4.69) is 42.8 Å². The number of anilines is 2. The molecule has 0 saturated heterocycles. The average molecular weight is 707 g/mol. The smallest absolute Gasteiger partial charge is 0.272 e. The second kappa shape index (κ2) is 16.2. The second-order valence-corrected chi connectivity index (χ2v) is 15.6. The number of carbonyl (C=O) groups excluding carboxylic acids is 3. The lowest BCUT2D eigenvalue weighted by molar-refractivity contribution is -0.116. The zero-order chi connectivity index (χ0) is 35.8. The molecular formula is C40H42N4O4S2. The van der Waals surface area contributed by atoms with Crippen LogP contribution in [0.5, 0.6) is 5.75 Å². The highest BCUT2D eigenvalue weighted by molar-refractivity contribution is 8.00. The lowest BCUT2D eigenvalue weighted by Gasteiger charge is -2.33. The van der Waals surface area contributed by atoms with Gasteiger partial charge in [-0.25, -0.2) is 0 Å². The summed E-state index contributed by atoms with van der Waals surface area (Å²) in [7, 11) is 1.56. The van der Waals surface area contributed by atoms with E-state index in [1.165, 1.54) is 28.0 Å². The number of nitriles is 1. The molecule has 1 heterocycles.